The summed E-state index contributed by atoms with van der Waals surface area (Å²) in [5.74, 6) is 0.462. The Morgan fingerprint density at radius 1 is 1.25 bits per heavy atom. The van der Waals surface area contributed by atoms with Crippen LogP contribution in [0.15, 0.2) is 18.2 Å². The van der Waals surface area contributed by atoms with Crippen LogP contribution in [0.4, 0.5) is 0 Å². The van der Waals surface area contributed by atoms with E-state index < -0.39 is 6.10 Å². The fourth-order valence-corrected chi connectivity index (χ4v) is 2.27. The van der Waals surface area contributed by atoms with E-state index in [1.54, 1.807) is 18.2 Å². The van der Waals surface area contributed by atoms with Crippen molar-refractivity contribution >= 4 is 23.2 Å². The maximum atomic E-state index is 9.84. The third-order valence-corrected chi connectivity index (χ3v) is 3.84. The van der Waals surface area contributed by atoms with Gasteiger partial charge in [-0.2, -0.15) is 0 Å². The van der Waals surface area contributed by atoms with E-state index in [-0.39, 0.29) is 19.3 Å². The number of ether oxygens (including phenoxy) is 3. The molecule has 1 aliphatic rings. The van der Waals surface area contributed by atoms with Gasteiger partial charge in [0.1, 0.15) is 23.5 Å². The lowest BCUT2D eigenvalue weighted by Crippen LogP contribution is -2.30. The van der Waals surface area contributed by atoms with Gasteiger partial charge >= 0.3 is 0 Å². The van der Waals surface area contributed by atoms with E-state index in [9.17, 15) is 5.11 Å². The highest BCUT2D eigenvalue weighted by Gasteiger charge is 2.16. The number of hydrogen-bond donors (Lipinski definition) is 1. The van der Waals surface area contributed by atoms with E-state index >= 15 is 0 Å². The van der Waals surface area contributed by atoms with Gasteiger partial charge in [-0.1, -0.05) is 29.3 Å². The van der Waals surface area contributed by atoms with Crippen LogP contribution in [0, 0.1) is 0 Å². The van der Waals surface area contributed by atoms with Crippen molar-refractivity contribution in [1.29, 1.82) is 0 Å². The maximum Gasteiger partial charge on any atom is 0.139 e. The number of benzene rings is 1. The van der Waals surface area contributed by atoms with E-state index in [0.29, 0.717) is 15.8 Å². The van der Waals surface area contributed by atoms with Crippen LogP contribution in [0.5, 0.6) is 5.75 Å². The summed E-state index contributed by atoms with van der Waals surface area (Å²) < 4.78 is 16.3. The molecule has 1 heterocycles. The molecular weight excluding hydrogens is 303 g/mol. The maximum absolute atomic E-state index is 9.84. The minimum Gasteiger partial charge on any atom is -0.489 e. The Labute approximate surface area is 128 Å². The highest BCUT2D eigenvalue weighted by molar-refractivity contribution is 6.42. The molecule has 0 amide bonds. The van der Waals surface area contributed by atoms with Crippen molar-refractivity contribution in [3.05, 3.63) is 28.2 Å². The molecule has 0 spiro atoms. The second-order valence-electron chi connectivity index (χ2n) is 4.66. The molecule has 1 unspecified atom stereocenters. The van der Waals surface area contributed by atoms with E-state index in [1.807, 2.05) is 0 Å². The van der Waals surface area contributed by atoms with Gasteiger partial charge in [-0.05, 0) is 25.0 Å². The second kappa shape index (κ2) is 8.05. The predicted molar refractivity (Wildman–Crippen MR) is 77.8 cm³/mol. The summed E-state index contributed by atoms with van der Waals surface area (Å²) in [6.07, 6.45) is 1.20. The fraction of sp³-hybridized carbons (Fsp3) is 0.571. The Balaban J connectivity index is 1.71. The monoisotopic (exact) mass is 320 g/mol. The van der Waals surface area contributed by atoms with Crippen molar-refractivity contribution in [2.75, 3.05) is 26.4 Å². The average molecular weight is 321 g/mol. The third kappa shape index (κ3) is 4.79. The van der Waals surface area contributed by atoms with Gasteiger partial charge in [-0.3, -0.25) is 0 Å². The van der Waals surface area contributed by atoms with Gasteiger partial charge in [0, 0.05) is 13.2 Å². The van der Waals surface area contributed by atoms with Crippen LogP contribution in [-0.2, 0) is 9.47 Å². The van der Waals surface area contributed by atoms with Gasteiger partial charge < -0.3 is 19.3 Å². The Morgan fingerprint density at radius 3 is 2.75 bits per heavy atom. The second-order valence-corrected chi connectivity index (χ2v) is 5.45. The lowest BCUT2D eigenvalue weighted by atomic mass is 10.1. The third-order valence-electron chi connectivity index (χ3n) is 3.04. The first kappa shape index (κ1) is 15.9. The molecule has 2 rings (SSSR count). The molecular formula is C14H18Cl2O4. The van der Waals surface area contributed by atoms with Gasteiger partial charge in [-0.25, -0.2) is 0 Å². The molecule has 0 bridgehead atoms. The Morgan fingerprint density at radius 2 is 2.00 bits per heavy atom. The van der Waals surface area contributed by atoms with Crippen LogP contribution in [0.1, 0.15) is 12.8 Å². The zero-order valence-corrected chi connectivity index (χ0v) is 12.6. The molecule has 1 saturated heterocycles. The van der Waals surface area contributed by atoms with Crippen molar-refractivity contribution in [2.45, 2.75) is 25.0 Å². The normalized spacial score (nSPS) is 17.9. The van der Waals surface area contributed by atoms with Crippen LogP contribution >= 0.6 is 23.2 Å². The summed E-state index contributed by atoms with van der Waals surface area (Å²) in [5.41, 5.74) is 0. The van der Waals surface area contributed by atoms with Gasteiger partial charge in [0.2, 0.25) is 0 Å². The van der Waals surface area contributed by atoms with Gasteiger partial charge in [0.15, 0.2) is 0 Å². The summed E-state index contributed by atoms with van der Waals surface area (Å²) in [6, 6.07) is 5.14. The predicted octanol–water partition coefficient (Wildman–Crippen LogP) is 2.93. The number of aliphatic hydroxyl groups is 1. The lowest BCUT2D eigenvalue weighted by Gasteiger charge is -2.23. The average Bonchev–Trinajstić information content (AvgIpc) is 2.48. The lowest BCUT2D eigenvalue weighted by molar-refractivity contribution is -0.0659. The summed E-state index contributed by atoms with van der Waals surface area (Å²) in [4.78, 5) is 0. The minimum atomic E-state index is -0.701. The number of rotatable bonds is 6. The standard InChI is InChI=1S/C14H18Cl2O4/c15-12-2-1-3-13(14(12)16)20-9-10(17)8-19-11-4-6-18-7-5-11/h1-3,10-11,17H,4-9H2. The van der Waals surface area contributed by atoms with Crippen molar-refractivity contribution in [2.24, 2.45) is 0 Å². The van der Waals surface area contributed by atoms with Crippen molar-refractivity contribution in [3.8, 4) is 5.75 Å². The molecule has 1 aliphatic heterocycles. The largest absolute Gasteiger partial charge is 0.489 e. The molecule has 4 nitrogen and oxygen atoms in total. The highest BCUT2D eigenvalue weighted by atomic mass is 35.5. The number of hydrogen-bond acceptors (Lipinski definition) is 4. The van der Waals surface area contributed by atoms with Crippen molar-refractivity contribution in [1.82, 2.24) is 0 Å². The molecule has 112 valence electrons. The molecule has 6 heteroatoms. The van der Waals surface area contributed by atoms with E-state index in [2.05, 4.69) is 0 Å². The SMILES string of the molecule is OC(COc1cccc(Cl)c1Cl)COC1CCOCC1. The quantitative estimate of drug-likeness (QED) is 0.875. The zero-order valence-electron chi connectivity index (χ0n) is 11.1. The molecule has 1 atom stereocenters. The molecule has 1 fully saturated rings. The summed E-state index contributed by atoms with van der Waals surface area (Å²) >= 11 is 11.9. The molecule has 0 aliphatic carbocycles. The summed E-state index contributed by atoms with van der Waals surface area (Å²) in [5, 5.41) is 10.6. The van der Waals surface area contributed by atoms with Crippen LogP contribution in [0.25, 0.3) is 0 Å². The Kier molecular flexibility index (Phi) is 6.39. The number of aliphatic hydroxyl groups excluding tert-OH is 1. The first-order chi connectivity index (χ1) is 9.66. The molecule has 20 heavy (non-hydrogen) atoms. The number of halogens is 2. The van der Waals surface area contributed by atoms with Crippen molar-refractivity contribution in [3.63, 3.8) is 0 Å². The van der Waals surface area contributed by atoms with Crippen LogP contribution in [0.2, 0.25) is 10.0 Å². The van der Waals surface area contributed by atoms with E-state index in [1.165, 1.54) is 0 Å². The Hall–Kier alpha value is -0.520. The molecule has 1 aromatic carbocycles. The Bertz CT molecular complexity index is 422. The molecule has 1 aromatic rings. The first-order valence-corrected chi connectivity index (χ1v) is 7.36. The summed E-state index contributed by atoms with van der Waals surface area (Å²) in [6.45, 7) is 1.79. The van der Waals surface area contributed by atoms with Gasteiger partial charge in [0.05, 0.1) is 17.7 Å². The van der Waals surface area contributed by atoms with Crippen LogP contribution < -0.4 is 4.74 Å². The molecule has 0 radical (unpaired) electrons. The zero-order chi connectivity index (χ0) is 14.4. The van der Waals surface area contributed by atoms with E-state index in [0.717, 1.165) is 26.1 Å². The van der Waals surface area contributed by atoms with Crippen molar-refractivity contribution < 1.29 is 19.3 Å². The van der Waals surface area contributed by atoms with E-state index in [4.69, 9.17) is 37.4 Å². The molecule has 0 saturated carbocycles. The topological polar surface area (TPSA) is 47.9 Å². The molecule has 0 aromatic heterocycles. The fourth-order valence-electron chi connectivity index (χ4n) is 1.92. The molecule has 1 N–H and O–H groups in total. The van der Waals surface area contributed by atoms with Crippen LogP contribution in [0.3, 0.4) is 0 Å². The smallest absolute Gasteiger partial charge is 0.139 e. The van der Waals surface area contributed by atoms with Gasteiger partial charge in [-0.15, -0.1) is 0 Å². The van der Waals surface area contributed by atoms with Crippen LogP contribution in [-0.4, -0.2) is 43.7 Å². The first-order valence-electron chi connectivity index (χ1n) is 6.61. The minimum absolute atomic E-state index is 0.114. The summed E-state index contributed by atoms with van der Waals surface area (Å²) in [7, 11) is 0. The van der Waals surface area contributed by atoms with Gasteiger partial charge in [0.25, 0.3) is 0 Å². The highest BCUT2D eigenvalue weighted by Crippen LogP contribution is 2.31.